The number of nitrogens with zero attached hydrogens (tertiary/aromatic N) is 3. The first-order valence-electron chi connectivity index (χ1n) is 7.31. The molecular formula is C14H25N3O3. The van der Waals surface area contributed by atoms with Crippen LogP contribution in [0.15, 0.2) is 0 Å². The zero-order valence-electron chi connectivity index (χ0n) is 12.5. The monoisotopic (exact) mass is 283 g/mol. The van der Waals surface area contributed by atoms with E-state index >= 15 is 0 Å². The van der Waals surface area contributed by atoms with Gasteiger partial charge in [0.1, 0.15) is 6.61 Å². The SMILES string of the molecule is CCN(CC)C(CC(=O)OCCC#N)N1CCOCC1. The standard InChI is InChI=1S/C14H25N3O3/c1-3-16(4-2)13(17-7-10-19-11-8-17)12-14(18)20-9-5-6-15/h13H,3-5,7-12H2,1-2H3. The van der Waals surface area contributed by atoms with Gasteiger partial charge >= 0.3 is 5.97 Å². The highest BCUT2D eigenvalue weighted by atomic mass is 16.5. The zero-order valence-corrected chi connectivity index (χ0v) is 12.5. The maximum atomic E-state index is 11.9. The third-order valence-electron chi connectivity index (χ3n) is 3.53. The summed E-state index contributed by atoms with van der Waals surface area (Å²) in [5.41, 5.74) is 0. The molecule has 1 aliphatic heterocycles. The summed E-state index contributed by atoms with van der Waals surface area (Å²) in [5, 5.41) is 8.46. The van der Waals surface area contributed by atoms with E-state index in [-0.39, 0.29) is 25.2 Å². The first-order valence-corrected chi connectivity index (χ1v) is 7.31. The molecule has 6 heteroatoms. The van der Waals surface area contributed by atoms with Gasteiger partial charge in [-0.2, -0.15) is 5.26 Å². The minimum Gasteiger partial charge on any atom is -0.464 e. The van der Waals surface area contributed by atoms with Crippen molar-refractivity contribution >= 4 is 5.97 Å². The van der Waals surface area contributed by atoms with Crippen LogP contribution in [-0.4, -0.2) is 67.9 Å². The first kappa shape index (κ1) is 16.9. The van der Waals surface area contributed by atoms with E-state index < -0.39 is 0 Å². The van der Waals surface area contributed by atoms with Gasteiger partial charge in [-0.05, 0) is 13.1 Å². The van der Waals surface area contributed by atoms with Crippen molar-refractivity contribution < 1.29 is 14.3 Å². The molecular weight excluding hydrogens is 258 g/mol. The summed E-state index contributed by atoms with van der Waals surface area (Å²) >= 11 is 0. The van der Waals surface area contributed by atoms with Crippen LogP contribution in [0.2, 0.25) is 0 Å². The number of morpholine rings is 1. The van der Waals surface area contributed by atoms with E-state index in [4.69, 9.17) is 14.7 Å². The fourth-order valence-corrected chi connectivity index (χ4v) is 2.43. The molecule has 1 unspecified atom stereocenters. The highest BCUT2D eigenvalue weighted by Gasteiger charge is 2.27. The van der Waals surface area contributed by atoms with Crippen molar-refractivity contribution in [3.63, 3.8) is 0 Å². The third-order valence-corrected chi connectivity index (χ3v) is 3.53. The smallest absolute Gasteiger partial charge is 0.308 e. The first-order chi connectivity index (χ1) is 9.72. The normalized spacial score (nSPS) is 17.7. The Hall–Kier alpha value is -1.16. The van der Waals surface area contributed by atoms with Crippen LogP contribution < -0.4 is 0 Å². The number of esters is 1. The minimum absolute atomic E-state index is 0.0588. The Morgan fingerprint density at radius 1 is 1.40 bits per heavy atom. The van der Waals surface area contributed by atoms with Crippen LogP contribution >= 0.6 is 0 Å². The van der Waals surface area contributed by atoms with Crippen LogP contribution in [0.4, 0.5) is 0 Å². The maximum Gasteiger partial charge on any atom is 0.308 e. The number of carbonyl (C=O) groups excluding carboxylic acids is 1. The number of nitriles is 1. The van der Waals surface area contributed by atoms with Crippen molar-refractivity contribution in [1.29, 1.82) is 5.26 Å². The van der Waals surface area contributed by atoms with Gasteiger partial charge in [-0.3, -0.25) is 14.6 Å². The molecule has 0 aromatic rings. The Balaban J connectivity index is 2.57. The van der Waals surface area contributed by atoms with Crippen molar-refractivity contribution in [3.8, 4) is 6.07 Å². The van der Waals surface area contributed by atoms with Gasteiger partial charge in [0.15, 0.2) is 0 Å². The van der Waals surface area contributed by atoms with Crippen LogP contribution in [0.25, 0.3) is 0 Å². The Morgan fingerprint density at radius 3 is 2.60 bits per heavy atom. The Labute approximate surface area is 121 Å². The van der Waals surface area contributed by atoms with Crippen molar-refractivity contribution in [2.24, 2.45) is 0 Å². The average molecular weight is 283 g/mol. The average Bonchev–Trinajstić information content (AvgIpc) is 2.48. The van der Waals surface area contributed by atoms with Crippen LogP contribution in [0.5, 0.6) is 0 Å². The van der Waals surface area contributed by atoms with Gasteiger partial charge in [0.25, 0.3) is 0 Å². The molecule has 0 aromatic heterocycles. The molecule has 114 valence electrons. The molecule has 0 aliphatic carbocycles. The largest absolute Gasteiger partial charge is 0.464 e. The van der Waals surface area contributed by atoms with Crippen LogP contribution in [0, 0.1) is 11.3 Å². The molecule has 0 N–H and O–H groups in total. The van der Waals surface area contributed by atoms with Crippen LogP contribution in [-0.2, 0) is 14.3 Å². The van der Waals surface area contributed by atoms with Gasteiger partial charge in [-0.15, -0.1) is 0 Å². The summed E-state index contributed by atoms with van der Waals surface area (Å²) in [5.74, 6) is -0.233. The molecule has 0 spiro atoms. The summed E-state index contributed by atoms with van der Waals surface area (Å²) in [7, 11) is 0. The molecule has 1 fully saturated rings. The van der Waals surface area contributed by atoms with E-state index in [1.54, 1.807) is 0 Å². The second-order valence-corrected chi connectivity index (χ2v) is 4.68. The van der Waals surface area contributed by atoms with Crippen molar-refractivity contribution in [2.75, 3.05) is 46.0 Å². The van der Waals surface area contributed by atoms with Crippen molar-refractivity contribution in [1.82, 2.24) is 9.80 Å². The van der Waals surface area contributed by atoms with Gasteiger partial charge in [0.05, 0.1) is 38.3 Å². The number of carbonyl (C=O) groups is 1. The summed E-state index contributed by atoms with van der Waals surface area (Å²) in [4.78, 5) is 16.4. The molecule has 0 amide bonds. The summed E-state index contributed by atoms with van der Waals surface area (Å²) < 4.78 is 10.5. The predicted octanol–water partition coefficient (Wildman–Crippen LogP) is 0.833. The van der Waals surface area contributed by atoms with Crippen LogP contribution in [0.3, 0.4) is 0 Å². The second kappa shape index (κ2) is 9.70. The fraction of sp³-hybridized carbons (Fsp3) is 0.857. The van der Waals surface area contributed by atoms with Crippen molar-refractivity contribution in [2.45, 2.75) is 32.9 Å². The Morgan fingerprint density at radius 2 is 2.05 bits per heavy atom. The molecule has 1 heterocycles. The third kappa shape index (κ3) is 5.45. The number of ether oxygens (including phenoxy) is 2. The highest BCUT2D eigenvalue weighted by molar-refractivity contribution is 5.70. The molecule has 1 aliphatic rings. The molecule has 6 nitrogen and oxygen atoms in total. The fourth-order valence-electron chi connectivity index (χ4n) is 2.43. The lowest BCUT2D eigenvalue weighted by Gasteiger charge is -2.40. The van der Waals surface area contributed by atoms with Crippen molar-refractivity contribution in [3.05, 3.63) is 0 Å². The van der Waals surface area contributed by atoms with E-state index in [1.165, 1.54) is 0 Å². The topological polar surface area (TPSA) is 65.8 Å². The zero-order chi connectivity index (χ0) is 14.8. The molecule has 0 bridgehead atoms. The predicted molar refractivity (Wildman–Crippen MR) is 74.9 cm³/mol. The molecule has 0 saturated carbocycles. The Bertz CT molecular complexity index is 320. The van der Waals surface area contributed by atoms with E-state index in [9.17, 15) is 4.79 Å². The second-order valence-electron chi connectivity index (χ2n) is 4.68. The lowest BCUT2D eigenvalue weighted by atomic mass is 10.2. The van der Waals surface area contributed by atoms with E-state index in [0.717, 1.165) is 26.2 Å². The number of hydrogen-bond acceptors (Lipinski definition) is 6. The lowest BCUT2D eigenvalue weighted by molar-refractivity contribution is -0.148. The van der Waals surface area contributed by atoms with E-state index in [0.29, 0.717) is 19.6 Å². The van der Waals surface area contributed by atoms with E-state index in [2.05, 4.69) is 23.6 Å². The van der Waals surface area contributed by atoms with Gasteiger partial charge < -0.3 is 9.47 Å². The molecule has 0 radical (unpaired) electrons. The summed E-state index contributed by atoms with van der Waals surface area (Å²) in [6.07, 6.45) is 0.648. The maximum absolute atomic E-state index is 11.9. The molecule has 1 rings (SSSR count). The molecule has 1 atom stereocenters. The Kier molecular flexibility index (Phi) is 8.19. The lowest BCUT2D eigenvalue weighted by Crippen LogP contribution is -2.53. The van der Waals surface area contributed by atoms with Gasteiger partial charge in [0.2, 0.25) is 0 Å². The van der Waals surface area contributed by atoms with E-state index in [1.807, 2.05) is 6.07 Å². The summed E-state index contributed by atoms with van der Waals surface area (Å²) in [6.45, 7) is 9.26. The molecule has 1 saturated heterocycles. The minimum atomic E-state index is -0.233. The highest BCUT2D eigenvalue weighted by Crippen LogP contribution is 2.13. The molecule has 20 heavy (non-hydrogen) atoms. The quantitative estimate of drug-likeness (QED) is 0.486. The number of hydrogen-bond donors (Lipinski definition) is 0. The summed E-state index contributed by atoms with van der Waals surface area (Å²) in [6, 6.07) is 1.97. The van der Waals surface area contributed by atoms with Crippen LogP contribution in [0.1, 0.15) is 26.7 Å². The molecule has 0 aromatic carbocycles. The number of rotatable bonds is 8. The van der Waals surface area contributed by atoms with Gasteiger partial charge in [-0.25, -0.2) is 0 Å². The van der Waals surface area contributed by atoms with Gasteiger partial charge in [-0.1, -0.05) is 13.8 Å². The van der Waals surface area contributed by atoms with Gasteiger partial charge in [0, 0.05) is 13.1 Å².